The van der Waals surface area contributed by atoms with E-state index in [0.717, 1.165) is 66.7 Å². The fourth-order valence-corrected chi connectivity index (χ4v) is 5.48. The highest BCUT2D eigenvalue weighted by molar-refractivity contribution is 5.78. The summed E-state index contributed by atoms with van der Waals surface area (Å²) in [4.78, 5) is 28.1. The molecule has 0 spiro atoms. The van der Waals surface area contributed by atoms with Gasteiger partial charge in [-0.25, -0.2) is 18.9 Å². The smallest absolute Gasteiger partial charge is 0.236 e. The number of nitrogens with one attached hydrogen (secondary N) is 1. The number of fused-ring (bicyclic) bond motifs is 1. The molecule has 0 radical (unpaired) electrons. The van der Waals surface area contributed by atoms with Crippen LogP contribution >= 0.6 is 0 Å². The summed E-state index contributed by atoms with van der Waals surface area (Å²) >= 11 is 0. The van der Waals surface area contributed by atoms with Gasteiger partial charge < -0.3 is 20.0 Å². The number of carbonyl (C=O) groups is 1. The van der Waals surface area contributed by atoms with E-state index in [1.54, 1.807) is 25.4 Å². The number of nitrogens with zero attached hydrogens (tertiary/aromatic N) is 7. The van der Waals surface area contributed by atoms with Crippen LogP contribution in [0.3, 0.4) is 0 Å². The third-order valence-corrected chi connectivity index (χ3v) is 7.41. The van der Waals surface area contributed by atoms with E-state index in [0.29, 0.717) is 19.6 Å². The number of carbonyl (C=O) groups excluding carboxylic acids is 1. The monoisotopic (exact) mass is 514 g/mol. The summed E-state index contributed by atoms with van der Waals surface area (Å²) in [7, 11) is 1.79. The van der Waals surface area contributed by atoms with Crippen molar-refractivity contribution in [3.8, 4) is 11.4 Å². The Bertz CT molecular complexity index is 1450. The second-order valence-corrected chi connectivity index (χ2v) is 9.79. The van der Waals surface area contributed by atoms with Crippen molar-refractivity contribution >= 4 is 23.2 Å². The minimum Gasteiger partial charge on any atom is -0.353 e. The highest BCUT2D eigenvalue weighted by Gasteiger charge is 2.28. The lowest BCUT2D eigenvalue weighted by Crippen LogP contribution is -2.50. The largest absolute Gasteiger partial charge is 0.353 e. The summed E-state index contributed by atoms with van der Waals surface area (Å²) in [6.07, 6.45) is 3.78. The van der Waals surface area contributed by atoms with Crippen LogP contribution in [-0.4, -0.2) is 76.7 Å². The summed E-state index contributed by atoms with van der Waals surface area (Å²) in [5.41, 5.74) is 3.32. The van der Waals surface area contributed by atoms with E-state index in [1.807, 2.05) is 45.8 Å². The molecule has 1 amide bonds. The molecule has 6 rings (SSSR count). The molecule has 2 aliphatic rings. The van der Waals surface area contributed by atoms with Gasteiger partial charge in [-0.1, -0.05) is 18.2 Å². The molecule has 9 nitrogen and oxygen atoms in total. The van der Waals surface area contributed by atoms with Crippen molar-refractivity contribution in [1.29, 1.82) is 0 Å². The van der Waals surface area contributed by atoms with Crippen LogP contribution in [0.25, 0.3) is 17.0 Å². The Hall–Kier alpha value is -4.05. The molecule has 5 heterocycles. The van der Waals surface area contributed by atoms with E-state index in [4.69, 9.17) is 10.1 Å². The molecule has 1 atom stereocenters. The number of halogens is 1. The molecule has 3 aromatic heterocycles. The van der Waals surface area contributed by atoms with Gasteiger partial charge in [-0.2, -0.15) is 0 Å². The minimum absolute atomic E-state index is 0.0859. The fourth-order valence-electron chi connectivity index (χ4n) is 5.48. The molecule has 1 N–H and O–H groups in total. The molecule has 1 unspecified atom stereocenters. The van der Waals surface area contributed by atoms with Crippen molar-refractivity contribution in [2.24, 2.45) is 0 Å². The van der Waals surface area contributed by atoms with Gasteiger partial charge in [0.05, 0.1) is 24.5 Å². The third kappa shape index (κ3) is 4.67. The first-order chi connectivity index (χ1) is 18.6. The maximum Gasteiger partial charge on any atom is 0.236 e. The number of likely N-dealkylation sites (N-methyl/N-ethyl adjacent to an activating group) is 1. The van der Waals surface area contributed by atoms with Gasteiger partial charge in [-0.3, -0.25) is 4.79 Å². The second kappa shape index (κ2) is 10.4. The number of piperazine rings is 1. The Labute approximate surface area is 220 Å². The summed E-state index contributed by atoms with van der Waals surface area (Å²) in [6.45, 7) is 4.04. The molecular weight excluding hydrogens is 483 g/mol. The van der Waals surface area contributed by atoms with Crippen molar-refractivity contribution in [3.63, 3.8) is 0 Å². The Morgan fingerprint density at radius 3 is 2.68 bits per heavy atom. The van der Waals surface area contributed by atoms with E-state index >= 15 is 0 Å². The van der Waals surface area contributed by atoms with E-state index in [1.165, 1.54) is 6.07 Å². The first-order valence-corrected chi connectivity index (χ1v) is 13.1. The minimum atomic E-state index is -0.216. The van der Waals surface area contributed by atoms with E-state index in [2.05, 4.69) is 20.1 Å². The second-order valence-electron chi connectivity index (χ2n) is 9.79. The number of hydrogen-bond donors (Lipinski definition) is 1. The van der Waals surface area contributed by atoms with Gasteiger partial charge in [0.2, 0.25) is 5.91 Å². The molecule has 196 valence electrons. The number of benzene rings is 1. The van der Waals surface area contributed by atoms with Gasteiger partial charge in [0.15, 0.2) is 5.65 Å². The molecular formula is C28H31FN8O. The molecule has 10 heteroatoms. The maximum absolute atomic E-state index is 13.9. The van der Waals surface area contributed by atoms with E-state index in [-0.39, 0.29) is 17.8 Å². The van der Waals surface area contributed by atoms with E-state index in [9.17, 15) is 9.18 Å². The molecule has 2 saturated heterocycles. The van der Waals surface area contributed by atoms with Crippen LogP contribution in [0.1, 0.15) is 24.4 Å². The van der Waals surface area contributed by atoms with Gasteiger partial charge in [-0.05, 0) is 61.9 Å². The Balaban J connectivity index is 1.26. The normalized spacial score (nSPS) is 17.9. The van der Waals surface area contributed by atoms with Crippen LogP contribution in [0.4, 0.5) is 16.0 Å². The lowest BCUT2D eigenvalue weighted by Gasteiger charge is -2.35. The van der Waals surface area contributed by atoms with Crippen molar-refractivity contribution in [1.82, 2.24) is 29.8 Å². The molecule has 38 heavy (non-hydrogen) atoms. The first kappa shape index (κ1) is 24.3. The van der Waals surface area contributed by atoms with E-state index < -0.39 is 0 Å². The topological polar surface area (TPSA) is 81.9 Å². The van der Waals surface area contributed by atoms with Crippen molar-refractivity contribution < 1.29 is 9.18 Å². The predicted molar refractivity (Wildman–Crippen MR) is 145 cm³/mol. The fraction of sp³-hybridized carbons (Fsp3) is 0.357. The number of anilines is 2. The highest BCUT2D eigenvalue weighted by atomic mass is 19.1. The molecule has 0 aliphatic carbocycles. The van der Waals surface area contributed by atoms with Crippen LogP contribution < -0.4 is 15.1 Å². The van der Waals surface area contributed by atoms with Gasteiger partial charge in [0.25, 0.3) is 0 Å². The lowest BCUT2D eigenvalue weighted by atomic mass is 10.0. The molecule has 0 bridgehead atoms. The summed E-state index contributed by atoms with van der Waals surface area (Å²) < 4.78 is 15.8. The van der Waals surface area contributed by atoms with Crippen molar-refractivity contribution in [3.05, 3.63) is 72.2 Å². The average Bonchev–Trinajstić information content (AvgIpc) is 3.61. The molecule has 2 fully saturated rings. The van der Waals surface area contributed by atoms with Gasteiger partial charge in [0.1, 0.15) is 23.1 Å². The zero-order chi connectivity index (χ0) is 26.1. The van der Waals surface area contributed by atoms with Crippen LogP contribution in [0.2, 0.25) is 0 Å². The molecule has 0 saturated carbocycles. The highest BCUT2D eigenvalue weighted by Crippen LogP contribution is 2.35. The SMILES string of the molecule is CNCC(=O)N1CCN(c2cccc(-c3cnc4ccc(N5CCCC5c5cccc(F)c5)nn34)n2)CC1. The first-order valence-electron chi connectivity index (χ1n) is 13.1. The van der Waals surface area contributed by atoms with Crippen LogP contribution in [0.15, 0.2) is 60.8 Å². The Morgan fingerprint density at radius 1 is 1.03 bits per heavy atom. The lowest BCUT2D eigenvalue weighted by molar-refractivity contribution is -0.130. The maximum atomic E-state index is 13.9. The quantitative estimate of drug-likeness (QED) is 0.423. The number of pyridine rings is 1. The Morgan fingerprint density at radius 2 is 1.87 bits per heavy atom. The van der Waals surface area contributed by atoms with Crippen molar-refractivity contribution in [2.75, 3.05) is 56.1 Å². The van der Waals surface area contributed by atoms with Gasteiger partial charge in [0, 0.05) is 32.7 Å². The van der Waals surface area contributed by atoms with Crippen LogP contribution in [-0.2, 0) is 4.79 Å². The predicted octanol–water partition coefficient (Wildman–Crippen LogP) is 3.14. The summed E-state index contributed by atoms with van der Waals surface area (Å²) in [6, 6.07) is 16.9. The standard InChI is InChI=1S/C28H31FN8O/c1-30-19-28(38)35-15-13-34(14-16-35)26-9-3-7-22(32-26)24-18-31-25-10-11-27(33-37(24)25)36-12-4-8-23(36)20-5-2-6-21(29)17-20/h2-3,5-7,9-11,17-18,23,30H,4,8,12-16,19H2,1H3. The van der Waals surface area contributed by atoms with Crippen LogP contribution in [0.5, 0.6) is 0 Å². The zero-order valence-corrected chi connectivity index (χ0v) is 21.4. The van der Waals surface area contributed by atoms with Gasteiger partial charge in [-0.15, -0.1) is 5.10 Å². The summed E-state index contributed by atoms with van der Waals surface area (Å²) in [5.74, 6) is 1.62. The number of imidazole rings is 1. The third-order valence-electron chi connectivity index (χ3n) is 7.41. The number of aromatic nitrogens is 4. The zero-order valence-electron chi connectivity index (χ0n) is 21.4. The molecule has 4 aromatic rings. The number of amides is 1. The van der Waals surface area contributed by atoms with Gasteiger partial charge >= 0.3 is 0 Å². The average molecular weight is 515 g/mol. The molecule has 1 aromatic carbocycles. The summed E-state index contributed by atoms with van der Waals surface area (Å²) in [5, 5.41) is 7.89. The number of rotatable bonds is 6. The molecule has 2 aliphatic heterocycles. The van der Waals surface area contributed by atoms with Crippen molar-refractivity contribution in [2.45, 2.75) is 18.9 Å². The van der Waals surface area contributed by atoms with Crippen LogP contribution in [0, 0.1) is 5.82 Å². The number of hydrogen-bond acceptors (Lipinski definition) is 7. The Kier molecular flexibility index (Phi) is 6.63.